The number of anilines is 1. The minimum atomic E-state index is -3.93. The molecule has 0 aromatic heterocycles. The van der Waals surface area contributed by atoms with Gasteiger partial charge in [0.25, 0.3) is 10.0 Å². The third kappa shape index (κ3) is 3.82. The molecule has 21 heavy (non-hydrogen) atoms. The molecule has 0 saturated heterocycles. The van der Waals surface area contributed by atoms with Crippen molar-refractivity contribution in [3.05, 3.63) is 56.7 Å². The van der Waals surface area contributed by atoms with E-state index in [4.69, 9.17) is 5.73 Å². The molecule has 112 valence electrons. The van der Waals surface area contributed by atoms with Gasteiger partial charge in [-0.05, 0) is 51.8 Å². The maximum Gasteiger partial charge on any atom is 0.263 e. The Morgan fingerprint density at radius 1 is 1.14 bits per heavy atom. The molecule has 0 spiro atoms. The predicted molar refractivity (Wildman–Crippen MR) is 86.9 cm³/mol. The van der Waals surface area contributed by atoms with Crippen molar-refractivity contribution in [1.29, 1.82) is 0 Å². The van der Waals surface area contributed by atoms with Crippen LogP contribution in [0.2, 0.25) is 0 Å². The molecule has 0 fully saturated rings. The average molecular weight is 438 g/mol. The van der Waals surface area contributed by atoms with Crippen molar-refractivity contribution in [3.8, 4) is 0 Å². The molecule has 4 nitrogen and oxygen atoms in total. The van der Waals surface area contributed by atoms with Gasteiger partial charge >= 0.3 is 0 Å². The van der Waals surface area contributed by atoms with Crippen molar-refractivity contribution in [1.82, 2.24) is 0 Å². The Bertz CT molecular complexity index is 782. The van der Waals surface area contributed by atoms with E-state index in [1.54, 1.807) is 12.1 Å². The quantitative estimate of drug-likeness (QED) is 0.767. The first-order valence-corrected chi connectivity index (χ1v) is 8.87. The van der Waals surface area contributed by atoms with Crippen molar-refractivity contribution >= 4 is 47.6 Å². The summed E-state index contributed by atoms with van der Waals surface area (Å²) in [6.07, 6.45) is 0. The highest BCUT2D eigenvalue weighted by Gasteiger charge is 2.20. The zero-order chi connectivity index (χ0) is 15.6. The van der Waals surface area contributed by atoms with Crippen molar-refractivity contribution in [2.45, 2.75) is 11.4 Å². The first-order chi connectivity index (χ1) is 9.83. The fourth-order valence-corrected chi connectivity index (χ4v) is 4.09. The van der Waals surface area contributed by atoms with Gasteiger partial charge < -0.3 is 5.73 Å². The van der Waals surface area contributed by atoms with Gasteiger partial charge in [-0.2, -0.15) is 0 Å². The number of sulfonamides is 1. The van der Waals surface area contributed by atoms with Crippen LogP contribution in [0, 0.1) is 5.82 Å². The molecule has 0 amide bonds. The zero-order valence-electron chi connectivity index (χ0n) is 10.6. The Kier molecular flexibility index (Phi) is 5.03. The van der Waals surface area contributed by atoms with E-state index in [1.165, 1.54) is 24.3 Å². The highest BCUT2D eigenvalue weighted by atomic mass is 79.9. The molecule has 0 aliphatic heterocycles. The third-order valence-electron chi connectivity index (χ3n) is 2.69. The fourth-order valence-electron chi connectivity index (χ4n) is 1.66. The number of hydrogen-bond donors (Lipinski definition) is 2. The number of rotatable bonds is 4. The largest absolute Gasteiger partial charge is 0.326 e. The lowest BCUT2D eigenvalue weighted by molar-refractivity contribution is 0.598. The van der Waals surface area contributed by atoms with Crippen molar-refractivity contribution in [2.75, 3.05) is 4.72 Å². The third-order valence-corrected chi connectivity index (χ3v) is 5.55. The molecule has 0 aliphatic rings. The molecule has 0 heterocycles. The Morgan fingerprint density at radius 2 is 1.86 bits per heavy atom. The fraction of sp³-hybridized carbons (Fsp3) is 0.0769. The van der Waals surface area contributed by atoms with Crippen LogP contribution in [-0.4, -0.2) is 8.42 Å². The number of halogens is 3. The van der Waals surface area contributed by atoms with Crippen LogP contribution in [0.3, 0.4) is 0 Å². The van der Waals surface area contributed by atoms with Crippen molar-refractivity contribution in [2.24, 2.45) is 5.73 Å². The van der Waals surface area contributed by atoms with Crippen molar-refractivity contribution in [3.63, 3.8) is 0 Å². The molecule has 0 aliphatic carbocycles. The van der Waals surface area contributed by atoms with Gasteiger partial charge in [-0.1, -0.05) is 22.0 Å². The Morgan fingerprint density at radius 3 is 2.52 bits per heavy atom. The highest BCUT2D eigenvalue weighted by Crippen LogP contribution is 2.27. The van der Waals surface area contributed by atoms with Crippen LogP contribution in [0.15, 0.2) is 50.2 Å². The number of nitrogens with one attached hydrogen (secondary N) is 1. The van der Waals surface area contributed by atoms with Crippen LogP contribution in [-0.2, 0) is 16.6 Å². The van der Waals surface area contributed by atoms with Crippen LogP contribution in [0.1, 0.15) is 5.56 Å². The summed E-state index contributed by atoms with van der Waals surface area (Å²) in [4.78, 5) is 0.00447. The first-order valence-electron chi connectivity index (χ1n) is 5.80. The van der Waals surface area contributed by atoms with Gasteiger partial charge in [-0.15, -0.1) is 0 Å². The van der Waals surface area contributed by atoms with E-state index in [2.05, 4.69) is 36.6 Å². The highest BCUT2D eigenvalue weighted by molar-refractivity contribution is 9.10. The van der Waals surface area contributed by atoms with Crippen LogP contribution in [0.25, 0.3) is 0 Å². The van der Waals surface area contributed by atoms with Crippen LogP contribution < -0.4 is 10.5 Å². The second kappa shape index (κ2) is 6.43. The van der Waals surface area contributed by atoms with E-state index in [1.807, 2.05) is 0 Å². The van der Waals surface area contributed by atoms with Gasteiger partial charge in [0.05, 0.1) is 5.69 Å². The monoisotopic (exact) mass is 436 g/mol. The molecule has 0 bridgehead atoms. The van der Waals surface area contributed by atoms with Crippen molar-refractivity contribution < 1.29 is 12.8 Å². The maximum absolute atomic E-state index is 13.7. The lowest BCUT2D eigenvalue weighted by Gasteiger charge is -2.11. The minimum Gasteiger partial charge on any atom is -0.326 e. The number of nitrogens with two attached hydrogens (primary N) is 1. The Hall–Kier alpha value is -0.960. The van der Waals surface area contributed by atoms with Gasteiger partial charge in [0.1, 0.15) is 10.7 Å². The maximum atomic E-state index is 13.7. The first kappa shape index (κ1) is 16.4. The summed E-state index contributed by atoms with van der Waals surface area (Å²) in [7, 11) is -3.93. The average Bonchev–Trinajstić information content (AvgIpc) is 2.43. The molecule has 2 rings (SSSR count). The topological polar surface area (TPSA) is 72.2 Å². The van der Waals surface area contributed by atoms with Gasteiger partial charge in [-0.3, -0.25) is 4.72 Å². The normalized spacial score (nSPS) is 11.4. The van der Waals surface area contributed by atoms with Gasteiger partial charge in [0, 0.05) is 15.5 Å². The second-order valence-electron chi connectivity index (χ2n) is 4.20. The summed E-state index contributed by atoms with van der Waals surface area (Å²) >= 11 is 6.35. The summed E-state index contributed by atoms with van der Waals surface area (Å²) < 4.78 is 41.6. The van der Waals surface area contributed by atoms with Crippen LogP contribution in [0.4, 0.5) is 10.1 Å². The van der Waals surface area contributed by atoms with E-state index < -0.39 is 15.8 Å². The van der Waals surface area contributed by atoms with E-state index >= 15 is 0 Å². The minimum absolute atomic E-state index is 0.00447. The second-order valence-corrected chi connectivity index (χ2v) is 7.62. The summed E-state index contributed by atoms with van der Waals surface area (Å²) in [5, 5.41) is 0. The number of benzene rings is 2. The van der Waals surface area contributed by atoms with Crippen LogP contribution in [0.5, 0.6) is 0 Å². The molecule has 0 unspecified atom stereocenters. The summed E-state index contributed by atoms with van der Waals surface area (Å²) in [6, 6.07) is 8.76. The standard InChI is InChI=1S/C13H11Br2FN2O2S/c14-9-2-4-11(16)12(6-9)18-21(19,20)13-5-8(7-17)1-3-10(13)15/h1-6,18H,7,17H2. The van der Waals surface area contributed by atoms with E-state index in [0.29, 0.717) is 14.5 Å². The Labute approximate surface area is 138 Å². The Balaban J connectivity index is 2.45. The molecule has 3 N–H and O–H groups in total. The molecule has 8 heteroatoms. The van der Waals surface area contributed by atoms with Gasteiger partial charge in [-0.25, -0.2) is 12.8 Å². The van der Waals surface area contributed by atoms with E-state index in [9.17, 15) is 12.8 Å². The molecule has 0 atom stereocenters. The molecule has 0 saturated carbocycles. The van der Waals surface area contributed by atoms with Crippen LogP contribution >= 0.6 is 31.9 Å². The van der Waals surface area contributed by atoms with Gasteiger partial charge in [0.2, 0.25) is 0 Å². The SMILES string of the molecule is NCc1ccc(Br)c(S(=O)(=O)Nc2cc(Br)ccc2F)c1. The molecular weight excluding hydrogens is 427 g/mol. The summed E-state index contributed by atoms with van der Waals surface area (Å²) in [6.45, 7) is 0.209. The molecule has 2 aromatic carbocycles. The zero-order valence-corrected chi connectivity index (χ0v) is 14.6. The summed E-state index contributed by atoms with van der Waals surface area (Å²) in [5.74, 6) is -0.659. The smallest absolute Gasteiger partial charge is 0.263 e. The lowest BCUT2D eigenvalue weighted by Crippen LogP contribution is -2.15. The van der Waals surface area contributed by atoms with Gasteiger partial charge in [0.15, 0.2) is 0 Å². The van der Waals surface area contributed by atoms with E-state index in [-0.39, 0.29) is 17.1 Å². The lowest BCUT2D eigenvalue weighted by atomic mass is 10.2. The van der Waals surface area contributed by atoms with E-state index in [0.717, 1.165) is 0 Å². The molecular formula is C13H11Br2FN2O2S. The number of hydrogen-bond acceptors (Lipinski definition) is 3. The molecule has 0 radical (unpaired) electrons. The predicted octanol–water partition coefficient (Wildman–Crippen LogP) is 3.61. The summed E-state index contributed by atoms with van der Waals surface area (Å²) in [5.41, 5.74) is 6.04. The molecule has 2 aromatic rings.